The molecular weight excluding hydrogens is 294 g/mol. The van der Waals surface area contributed by atoms with Gasteiger partial charge in [-0.15, -0.1) is 11.8 Å². The van der Waals surface area contributed by atoms with Crippen LogP contribution in [0.5, 0.6) is 0 Å². The Hall–Kier alpha value is -1.86. The Kier molecular flexibility index (Phi) is 4.64. The number of rotatable bonds is 4. The van der Waals surface area contributed by atoms with Crippen molar-refractivity contribution in [3.63, 3.8) is 0 Å². The molecule has 1 fully saturated rings. The van der Waals surface area contributed by atoms with Gasteiger partial charge in [0.25, 0.3) is 5.69 Å². The molecule has 7 heteroatoms. The molecule has 0 aliphatic carbocycles. The summed E-state index contributed by atoms with van der Waals surface area (Å²) < 4.78 is 0. The number of benzene rings is 1. The predicted octanol–water partition coefficient (Wildman–Crippen LogP) is 2.62. The Bertz CT molecular complexity index is 613. The molecule has 0 bridgehead atoms. The number of carboxylic acids is 1. The zero-order valence-corrected chi connectivity index (χ0v) is 12.2. The average molecular weight is 309 g/mol. The minimum atomic E-state index is -1.03. The Morgan fingerprint density at radius 2 is 2.29 bits per heavy atom. The van der Waals surface area contributed by atoms with Gasteiger partial charge in [0, 0.05) is 16.7 Å². The highest BCUT2D eigenvalue weighted by molar-refractivity contribution is 8.03. The molecule has 0 radical (unpaired) electrons. The van der Waals surface area contributed by atoms with Crippen LogP contribution in [-0.2, 0) is 4.79 Å². The molecule has 21 heavy (non-hydrogen) atoms. The lowest BCUT2D eigenvalue weighted by Gasteiger charge is -2.08. The second-order valence-electron chi connectivity index (χ2n) is 4.83. The van der Waals surface area contributed by atoms with Gasteiger partial charge in [0.2, 0.25) is 0 Å². The van der Waals surface area contributed by atoms with E-state index in [4.69, 9.17) is 5.11 Å². The predicted molar refractivity (Wildman–Crippen MR) is 80.2 cm³/mol. The van der Waals surface area contributed by atoms with Crippen LogP contribution in [0.2, 0.25) is 0 Å². The summed E-state index contributed by atoms with van der Waals surface area (Å²) in [5.41, 5.74) is 0.619. The van der Waals surface area contributed by atoms with Gasteiger partial charge in [0.15, 0.2) is 0 Å². The summed E-state index contributed by atoms with van der Waals surface area (Å²) in [5.74, 6) is -1.05. The number of hydrogen-bond donors (Lipinski definition) is 2. The number of nitrogens with zero attached hydrogens (tertiary/aromatic N) is 1. The number of aliphatic carboxylic acids is 1. The van der Waals surface area contributed by atoms with E-state index < -0.39 is 22.9 Å². The maximum Gasteiger partial charge on any atom is 0.310 e. The van der Waals surface area contributed by atoms with E-state index >= 15 is 0 Å². The van der Waals surface area contributed by atoms with Crippen LogP contribution in [0.1, 0.15) is 30.4 Å². The molecule has 0 saturated carbocycles. The molecule has 1 aromatic carbocycles. The first-order chi connectivity index (χ1) is 9.90. The van der Waals surface area contributed by atoms with Crippen molar-refractivity contribution in [2.75, 3.05) is 5.75 Å². The molecule has 1 aliphatic heterocycles. The highest BCUT2D eigenvalue weighted by atomic mass is 32.2. The van der Waals surface area contributed by atoms with Crippen LogP contribution in [0, 0.1) is 10.1 Å². The van der Waals surface area contributed by atoms with Crippen molar-refractivity contribution in [3.05, 3.63) is 44.3 Å². The number of nitro benzene ring substituents is 1. The van der Waals surface area contributed by atoms with Crippen molar-refractivity contribution in [1.82, 2.24) is 0 Å². The summed E-state index contributed by atoms with van der Waals surface area (Å²) >= 11 is 1.48. The monoisotopic (exact) mass is 309 g/mol. The molecule has 1 aromatic rings. The first kappa shape index (κ1) is 15.5. The molecule has 1 saturated heterocycles. The van der Waals surface area contributed by atoms with Crippen LogP contribution in [0.3, 0.4) is 0 Å². The summed E-state index contributed by atoms with van der Waals surface area (Å²) in [7, 11) is 0. The zero-order chi connectivity index (χ0) is 15.6. The summed E-state index contributed by atoms with van der Waals surface area (Å²) in [6.45, 7) is 1.48. The number of aliphatic hydroxyl groups is 1. The SMILES string of the molecule is CC(C(=O)O)c1ccc(/C=C2/SCCC2O)c([N+](=O)[O-])c1. The lowest BCUT2D eigenvalue weighted by atomic mass is 9.98. The lowest BCUT2D eigenvalue weighted by Crippen LogP contribution is -2.08. The molecular formula is C14H15NO5S. The van der Waals surface area contributed by atoms with E-state index in [0.717, 1.165) is 5.75 Å². The van der Waals surface area contributed by atoms with Crippen molar-refractivity contribution < 1.29 is 19.9 Å². The fourth-order valence-electron chi connectivity index (χ4n) is 2.07. The second kappa shape index (κ2) is 6.28. The molecule has 2 rings (SSSR count). The number of nitro groups is 1. The topological polar surface area (TPSA) is 101 Å². The summed E-state index contributed by atoms with van der Waals surface area (Å²) in [4.78, 5) is 22.3. The van der Waals surface area contributed by atoms with Gasteiger partial charge in [-0.3, -0.25) is 14.9 Å². The Morgan fingerprint density at radius 1 is 1.57 bits per heavy atom. The van der Waals surface area contributed by atoms with Crippen LogP contribution < -0.4 is 0 Å². The van der Waals surface area contributed by atoms with E-state index in [-0.39, 0.29) is 5.69 Å². The quantitative estimate of drug-likeness (QED) is 0.655. The van der Waals surface area contributed by atoms with Gasteiger partial charge in [-0.1, -0.05) is 6.07 Å². The third-order valence-corrected chi connectivity index (χ3v) is 4.57. The van der Waals surface area contributed by atoms with Gasteiger partial charge < -0.3 is 10.2 Å². The number of carbonyl (C=O) groups is 1. The fraction of sp³-hybridized carbons (Fsp3) is 0.357. The Balaban J connectivity index is 2.43. The largest absolute Gasteiger partial charge is 0.481 e. The maximum absolute atomic E-state index is 11.2. The van der Waals surface area contributed by atoms with Crippen molar-refractivity contribution in [2.24, 2.45) is 0 Å². The highest BCUT2D eigenvalue weighted by Crippen LogP contribution is 2.35. The molecule has 2 unspecified atom stereocenters. The molecule has 6 nitrogen and oxygen atoms in total. The lowest BCUT2D eigenvalue weighted by molar-refractivity contribution is -0.385. The number of thioether (sulfide) groups is 1. The molecule has 0 amide bonds. The van der Waals surface area contributed by atoms with E-state index in [9.17, 15) is 20.0 Å². The maximum atomic E-state index is 11.2. The van der Waals surface area contributed by atoms with Crippen molar-refractivity contribution in [1.29, 1.82) is 0 Å². The first-order valence-electron chi connectivity index (χ1n) is 6.43. The normalized spacial score (nSPS) is 21.4. The van der Waals surface area contributed by atoms with Gasteiger partial charge in [0.1, 0.15) is 0 Å². The second-order valence-corrected chi connectivity index (χ2v) is 6.00. The standard InChI is InChI=1S/C14H15NO5S/c1-8(14(17)18)9-2-3-10(11(6-9)15(19)20)7-13-12(16)4-5-21-13/h2-3,6-8,12,16H,4-5H2,1H3,(H,17,18)/b13-7+. The van der Waals surface area contributed by atoms with Crippen molar-refractivity contribution in [3.8, 4) is 0 Å². The van der Waals surface area contributed by atoms with E-state index in [1.807, 2.05) is 0 Å². The Morgan fingerprint density at radius 3 is 2.81 bits per heavy atom. The summed E-state index contributed by atoms with van der Waals surface area (Å²) in [6, 6.07) is 4.40. The van der Waals surface area contributed by atoms with Crippen LogP contribution in [0.15, 0.2) is 23.1 Å². The van der Waals surface area contributed by atoms with Gasteiger partial charge >= 0.3 is 5.97 Å². The molecule has 112 valence electrons. The molecule has 0 aromatic heterocycles. The minimum absolute atomic E-state index is 0.146. The third kappa shape index (κ3) is 3.43. The smallest absolute Gasteiger partial charge is 0.310 e. The first-order valence-corrected chi connectivity index (χ1v) is 7.42. The summed E-state index contributed by atoms with van der Waals surface area (Å²) in [6.07, 6.45) is 1.67. The van der Waals surface area contributed by atoms with E-state index in [0.29, 0.717) is 22.5 Å². The van der Waals surface area contributed by atoms with Gasteiger partial charge in [0.05, 0.1) is 22.5 Å². The van der Waals surface area contributed by atoms with Gasteiger partial charge in [-0.2, -0.15) is 0 Å². The van der Waals surface area contributed by atoms with Crippen LogP contribution in [0.25, 0.3) is 6.08 Å². The molecule has 1 aliphatic rings. The zero-order valence-electron chi connectivity index (χ0n) is 11.4. The minimum Gasteiger partial charge on any atom is -0.481 e. The van der Waals surface area contributed by atoms with Crippen LogP contribution in [0.4, 0.5) is 5.69 Å². The molecule has 2 N–H and O–H groups in total. The number of aliphatic hydroxyl groups excluding tert-OH is 1. The number of hydrogen-bond acceptors (Lipinski definition) is 5. The van der Waals surface area contributed by atoms with Gasteiger partial charge in [-0.25, -0.2) is 0 Å². The average Bonchev–Trinajstić information content (AvgIpc) is 2.83. The van der Waals surface area contributed by atoms with Crippen LogP contribution >= 0.6 is 11.8 Å². The van der Waals surface area contributed by atoms with Crippen LogP contribution in [-0.4, -0.2) is 33.0 Å². The van der Waals surface area contributed by atoms with Gasteiger partial charge in [-0.05, 0) is 31.1 Å². The van der Waals surface area contributed by atoms with Crippen molar-refractivity contribution >= 4 is 29.5 Å². The third-order valence-electron chi connectivity index (χ3n) is 3.41. The molecule has 2 atom stereocenters. The highest BCUT2D eigenvalue weighted by Gasteiger charge is 2.23. The number of carboxylic acid groups (broad SMARTS) is 1. The molecule has 1 heterocycles. The van der Waals surface area contributed by atoms with Crippen molar-refractivity contribution in [2.45, 2.75) is 25.4 Å². The fourth-order valence-corrected chi connectivity index (χ4v) is 3.17. The summed E-state index contributed by atoms with van der Waals surface area (Å²) in [5, 5.41) is 29.9. The van der Waals surface area contributed by atoms with E-state index in [2.05, 4.69) is 0 Å². The van der Waals surface area contributed by atoms with E-state index in [1.165, 1.54) is 30.8 Å². The molecule has 0 spiro atoms. The van der Waals surface area contributed by atoms with E-state index in [1.54, 1.807) is 12.1 Å². The Labute approximate surface area is 125 Å².